The number of fused-ring (bicyclic) bond motifs is 1. The molecule has 8 heteroatoms. The first kappa shape index (κ1) is 15.7. The Kier molecular flexibility index (Phi) is 4.42. The Bertz CT molecular complexity index is 700. The summed E-state index contributed by atoms with van der Waals surface area (Å²) in [6.07, 6.45) is 6.24. The molecule has 23 heavy (non-hydrogen) atoms. The Morgan fingerprint density at radius 1 is 1.35 bits per heavy atom. The van der Waals surface area contributed by atoms with Gasteiger partial charge in [0.15, 0.2) is 11.5 Å². The third kappa shape index (κ3) is 2.98. The van der Waals surface area contributed by atoms with E-state index in [1.54, 1.807) is 0 Å². The van der Waals surface area contributed by atoms with Crippen LogP contribution in [0, 0.1) is 5.92 Å². The monoisotopic (exact) mass is 318 g/mol. The molecule has 1 fully saturated rings. The molecule has 0 spiro atoms. The number of nitrogens with zero attached hydrogens (tertiary/aromatic N) is 4. The molecule has 2 heterocycles. The molecule has 1 saturated carbocycles. The van der Waals surface area contributed by atoms with Crippen molar-refractivity contribution in [1.29, 1.82) is 0 Å². The number of aliphatic carboxylic acids is 1. The number of hydrogen-bond donors (Lipinski definition) is 3. The minimum Gasteiger partial charge on any atom is -0.481 e. The molecule has 0 bridgehead atoms. The predicted molar refractivity (Wildman–Crippen MR) is 86.3 cm³/mol. The van der Waals surface area contributed by atoms with Gasteiger partial charge in [-0.15, -0.1) is 0 Å². The normalized spacial score (nSPS) is 24.7. The minimum atomic E-state index is -0.720. The number of rotatable bonds is 5. The Labute approximate surface area is 134 Å². The highest BCUT2D eigenvalue weighted by Crippen LogP contribution is 2.35. The molecule has 2 aromatic rings. The lowest BCUT2D eigenvalue weighted by molar-refractivity contribution is -0.138. The molecule has 124 valence electrons. The standard InChI is InChI=1S/C15H22N6O2/c1-16-10-5-9(6-12(22)23)3-4-11(10)21-8-20-13-14(17-2)18-7-19-15(13)21/h7-11,16H,3-6H2,1-2H3,(H,22,23)(H,17,18,19)/t9-,10+,11-/m1/s1. The van der Waals surface area contributed by atoms with Crippen molar-refractivity contribution in [1.82, 2.24) is 24.8 Å². The van der Waals surface area contributed by atoms with Gasteiger partial charge >= 0.3 is 5.97 Å². The van der Waals surface area contributed by atoms with Crippen LogP contribution in [0.15, 0.2) is 12.7 Å². The Morgan fingerprint density at radius 2 is 2.17 bits per heavy atom. The van der Waals surface area contributed by atoms with E-state index in [0.717, 1.165) is 30.4 Å². The van der Waals surface area contributed by atoms with Crippen LogP contribution >= 0.6 is 0 Å². The van der Waals surface area contributed by atoms with Crippen LogP contribution in [-0.2, 0) is 4.79 Å². The van der Waals surface area contributed by atoms with Crippen LogP contribution in [0.25, 0.3) is 11.2 Å². The largest absolute Gasteiger partial charge is 0.481 e. The number of nitrogens with one attached hydrogen (secondary N) is 2. The zero-order valence-corrected chi connectivity index (χ0v) is 13.4. The fourth-order valence-electron chi connectivity index (χ4n) is 3.59. The summed E-state index contributed by atoms with van der Waals surface area (Å²) >= 11 is 0. The maximum atomic E-state index is 11.0. The van der Waals surface area contributed by atoms with Crippen molar-refractivity contribution >= 4 is 23.0 Å². The predicted octanol–water partition coefficient (Wildman–Crippen LogP) is 1.27. The van der Waals surface area contributed by atoms with Gasteiger partial charge in [0, 0.05) is 19.5 Å². The number of aromatic nitrogens is 4. The Morgan fingerprint density at radius 3 is 2.87 bits per heavy atom. The molecule has 3 rings (SSSR count). The molecule has 0 aliphatic heterocycles. The van der Waals surface area contributed by atoms with Crippen molar-refractivity contribution in [3.8, 4) is 0 Å². The molecule has 2 aromatic heterocycles. The van der Waals surface area contributed by atoms with Crippen LogP contribution in [0.5, 0.6) is 0 Å². The number of carbonyl (C=O) groups is 1. The van der Waals surface area contributed by atoms with Crippen molar-refractivity contribution in [2.45, 2.75) is 37.8 Å². The first-order valence-corrected chi connectivity index (χ1v) is 7.88. The van der Waals surface area contributed by atoms with E-state index in [1.165, 1.54) is 6.33 Å². The zero-order chi connectivity index (χ0) is 16.4. The third-order valence-corrected chi connectivity index (χ3v) is 4.71. The quantitative estimate of drug-likeness (QED) is 0.762. The first-order valence-electron chi connectivity index (χ1n) is 7.88. The van der Waals surface area contributed by atoms with Gasteiger partial charge in [0.1, 0.15) is 11.8 Å². The Balaban J connectivity index is 1.88. The van der Waals surface area contributed by atoms with Crippen LogP contribution in [0.4, 0.5) is 5.82 Å². The van der Waals surface area contributed by atoms with Crippen LogP contribution in [0.2, 0.25) is 0 Å². The number of likely N-dealkylation sites (N-methyl/N-ethyl adjacent to an activating group) is 1. The fraction of sp³-hybridized carbons (Fsp3) is 0.600. The smallest absolute Gasteiger partial charge is 0.303 e. The minimum absolute atomic E-state index is 0.207. The van der Waals surface area contributed by atoms with Crippen molar-refractivity contribution < 1.29 is 9.90 Å². The van der Waals surface area contributed by atoms with Gasteiger partial charge in [0.25, 0.3) is 0 Å². The third-order valence-electron chi connectivity index (χ3n) is 4.71. The van der Waals surface area contributed by atoms with Gasteiger partial charge in [0.05, 0.1) is 12.4 Å². The summed E-state index contributed by atoms with van der Waals surface area (Å²) in [5.41, 5.74) is 1.57. The number of carboxylic acid groups (broad SMARTS) is 1. The molecule has 3 N–H and O–H groups in total. The van der Waals surface area contributed by atoms with E-state index in [4.69, 9.17) is 5.11 Å². The van der Waals surface area contributed by atoms with Crippen LogP contribution in [0.1, 0.15) is 31.7 Å². The van der Waals surface area contributed by atoms with Gasteiger partial charge in [-0.05, 0) is 32.2 Å². The lowest BCUT2D eigenvalue weighted by atomic mass is 9.80. The summed E-state index contributed by atoms with van der Waals surface area (Å²) < 4.78 is 2.09. The second kappa shape index (κ2) is 6.49. The average molecular weight is 318 g/mol. The molecule has 1 aliphatic rings. The maximum absolute atomic E-state index is 11.0. The van der Waals surface area contributed by atoms with E-state index >= 15 is 0 Å². The number of carboxylic acids is 1. The molecular formula is C15H22N6O2. The Hall–Kier alpha value is -2.22. The molecule has 0 saturated heterocycles. The van der Waals surface area contributed by atoms with Crippen molar-refractivity contribution in [3.63, 3.8) is 0 Å². The lowest BCUT2D eigenvalue weighted by Gasteiger charge is -2.36. The summed E-state index contributed by atoms with van der Waals surface area (Å²) in [7, 11) is 3.74. The van der Waals surface area contributed by atoms with Gasteiger partial charge in [-0.2, -0.15) is 0 Å². The van der Waals surface area contributed by atoms with Crippen LogP contribution in [0.3, 0.4) is 0 Å². The van der Waals surface area contributed by atoms with Crippen molar-refractivity contribution in [3.05, 3.63) is 12.7 Å². The summed E-state index contributed by atoms with van der Waals surface area (Å²) in [6, 6.07) is 0.424. The number of anilines is 1. The molecule has 0 radical (unpaired) electrons. The number of imidazole rings is 1. The molecule has 0 unspecified atom stereocenters. The summed E-state index contributed by atoms with van der Waals surface area (Å²) in [5.74, 6) is 0.218. The summed E-state index contributed by atoms with van der Waals surface area (Å²) in [4.78, 5) is 24.0. The highest BCUT2D eigenvalue weighted by atomic mass is 16.4. The van der Waals surface area contributed by atoms with E-state index in [1.807, 2.05) is 20.4 Å². The van der Waals surface area contributed by atoms with E-state index in [2.05, 4.69) is 30.2 Å². The van der Waals surface area contributed by atoms with E-state index in [0.29, 0.717) is 5.82 Å². The second-order valence-corrected chi connectivity index (χ2v) is 6.04. The molecule has 0 amide bonds. The fourth-order valence-corrected chi connectivity index (χ4v) is 3.59. The SMILES string of the molecule is CNc1ncnc2c1ncn2[C@@H]1CC[C@@H](CC(=O)O)C[C@@H]1NC. The summed E-state index contributed by atoms with van der Waals surface area (Å²) in [5, 5.41) is 15.4. The van der Waals surface area contributed by atoms with Gasteiger partial charge in [-0.25, -0.2) is 15.0 Å². The molecule has 0 aromatic carbocycles. The second-order valence-electron chi connectivity index (χ2n) is 6.04. The topological polar surface area (TPSA) is 105 Å². The molecule has 8 nitrogen and oxygen atoms in total. The zero-order valence-electron chi connectivity index (χ0n) is 13.4. The van der Waals surface area contributed by atoms with E-state index in [9.17, 15) is 4.79 Å². The van der Waals surface area contributed by atoms with E-state index < -0.39 is 5.97 Å². The average Bonchev–Trinajstić information content (AvgIpc) is 2.98. The molecule has 1 aliphatic carbocycles. The van der Waals surface area contributed by atoms with Gasteiger partial charge in [-0.1, -0.05) is 0 Å². The number of hydrogen-bond acceptors (Lipinski definition) is 6. The first-order chi connectivity index (χ1) is 11.1. The van der Waals surface area contributed by atoms with E-state index in [-0.39, 0.29) is 24.4 Å². The van der Waals surface area contributed by atoms with Crippen molar-refractivity contribution in [2.24, 2.45) is 5.92 Å². The van der Waals surface area contributed by atoms with Crippen LogP contribution < -0.4 is 10.6 Å². The van der Waals surface area contributed by atoms with Gasteiger partial charge < -0.3 is 20.3 Å². The van der Waals surface area contributed by atoms with Crippen LogP contribution in [-0.4, -0.2) is 50.7 Å². The summed E-state index contributed by atoms with van der Waals surface area (Å²) in [6.45, 7) is 0. The maximum Gasteiger partial charge on any atom is 0.303 e. The molecular weight excluding hydrogens is 296 g/mol. The van der Waals surface area contributed by atoms with Crippen molar-refractivity contribution in [2.75, 3.05) is 19.4 Å². The highest BCUT2D eigenvalue weighted by Gasteiger charge is 2.32. The highest BCUT2D eigenvalue weighted by molar-refractivity contribution is 5.82. The van der Waals surface area contributed by atoms with Gasteiger partial charge in [-0.3, -0.25) is 4.79 Å². The lowest BCUT2D eigenvalue weighted by Crippen LogP contribution is -2.40. The molecule has 3 atom stereocenters. The van der Waals surface area contributed by atoms with Gasteiger partial charge in [0.2, 0.25) is 0 Å².